The van der Waals surface area contributed by atoms with Crippen LogP contribution < -0.4 is 10.6 Å². The lowest BCUT2D eigenvalue weighted by Gasteiger charge is -2.48. The summed E-state index contributed by atoms with van der Waals surface area (Å²) in [5.74, 6) is -1.97. The van der Waals surface area contributed by atoms with E-state index in [4.69, 9.17) is 55.9 Å². The fourth-order valence-electron chi connectivity index (χ4n) is 11.0. The van der Waals surface area contributed by atoms with E-state index in [-0.39, 0.29) is 55.4 Å². The number of anilines is 2. The largest absolute Gasteiger partial charge is 0.357 e. The van der Waals surface area contributed by atoms with E-state index in [1.165, 1.54) is 0 Å². The Morgan fingerprint density at radius 3 is 1.11 bits per heavy atom. The predicted octanol–water partition coefficient (Wildman–Crippen LogP) is 14.7. The summed E-state index contributed by atoms with van der Waals surface area (Å²) in [5, 5.41) is 7.72. The number of morpholine rings is 2. The van der Waals surface area contributed by atoms with E-state index < -0.39 is 89.6 Å². The van der Waals surface area contributed by atoms with Gasteiger partial charge in [0.05, 0.1) is 45.9 Å². The van der Waals surface area contributed by atoms with Crippen molar-refractivity contribution in [3.8, 4) is 0 Å². The molecule has 10 rings (SSSR count). The number of carbonyl (C=O) groups is 4. The first-order valence-corrected chi connectivity index (χ1v) is 33.6. The molecular weight excluding hydrogens is 1230 g/mol. The van der Waals surface area contributed by atoms with Crippen LogP contribution in [0.1, 0.15) is 134 Å². The Labute approximate surface area is 532 Å². The maximum absolute atomic E-state index is 14.5. The van der Waals surface area contributed by atoms with Gasteiger partial charge < -0.3 is 29.9 Å². The second-order valence-electron chi connectivity index (χ2n) is 24.5. The number of sulfone groups is 2. The van der Waals surface area contributed by atoms with Crippen LogP contribution >= 0.6 is 46.4 Å². The molecule has 4 aliphatic rings. The number of hydrogen-bond donors (Lipinski definition) is 2. The zero-order chi connectivity index (χ0) is 61.9. The predicted molar refractivity (Wildman–Crippen MR) is 346 cm³/mol. The summed E-state index contributed by atoms with van der Waals surface area (Å²) < 4.78 is 65.5. The Bertz CT molecular complexity index is 3380. The zero-order valence-corrected chi connectivity index (χ0v) is 53.4. The normalized spacial score (nSPS) is 21.6. The lowest BCUT2D eigenvalue weighted by molar-refractivity contribution is -0.181. The van der Waals surface area contributed by atoms with E-state index in [1.807, 2.05) is 48.5 Å². The van der Waals surface area contributed by atoms with Gasteiger partial charge in [0, 0.05) is 43.5 Å². The minimum absolute atomic E-state index is 0. The minimum Gasteiger partial charge on any atom is -0.357 e. The molecule has 8 atom stereocenters. The summed E-state index contributed by atoms with van der Waals surface area (Å²) >= 11 is 25.3. The standard InChI is InChI=1S/2C33H36Cl2N2O5S.CH4/c2*1-33(2,3)43(40,41)20-27(21-12-13-21)37-30(22-14-16-24(34)17-15-22)31(23-8-7-9-25(35)18-23)42-28(32(37)39)19-29(38)36-26-10-5-4-6-11-26;/h2*4-11,14-18,21,27-28,30-31H,12-13,19-20H2,1-3H3,(H,36,38);1H4/t27-,28+,30-,31-;27-,28-,30-,31-;/m11./s1. The number of nitrogens with zero attached hydrogens (tertiary/aromatic N) is 2. The van der Waals surface area contributed by atoms with Crippen LogP contribution in [0, 0.1) is 11.8 Å². The summed E-state index contributed by atoms with van der Waals surface area (Å²) in [5.41, 5.74) is 4.12. The van der Waals surface area contributed by atoms with Crippen molar-refractivity contribution in [1.82, 2.24) is 9.80 Å². The van der Waals surface area contributed by atoms with Gasteiger partial charge in [-0.05, 0) is 174 Å². The first-order chi connectivity index (χ1) is 40.7. The van der Waals surface area contributed by atoms with Crippen LogP contribution in [0.25, 0.3) is 0 Å². The van der Waals surface area contributed by atoms with Crippen LogP contribution in [-0.2, 0) is 48.3 Å². The van der Waals surface area contributed by atoms with Crippen LogP contribution in [-0.4, -0.2) is 95.6 Å². The summed E-state index contributed by atoms with van der Waals surface area (Å²) in [7, 11) is -7.23. The number of nitrogens with one attached hydrogen (secondary N) is 2. The monoisotopic (exact) mass is 1300 g/mol. The highest BCUT2D eigenvalue weighted by atomic mass is 35.5. The molecule has 0 bridgehead atoms. The highest BCUT2D eigenvalue weighted by molar-refractivity contribution is 7.93. The van der Waals surface area contributed by atoms with Gasteiger partial charge in [0.25, 0.3) is 11.8 Å². The smallest absolute Gasteiger partial charge is 0.253 e. The average Bonchev–Trinajstić information content (AvgIpc) is 1.79. The second kappa shape index (κ2) is 27.9. The van der Waals surface area contributed by atoms with Crippen molar-refractivity contribution in [3.63, 3.8) is 0 Å². The zero-order valence-electron chi connectivity index (χ0n) is 48.7. The van der Waals surface area contributed by atoms with Gasteiger partial charge in [0.2, 0.25) is 11.8 Å². The molecule has 20 heteroatoms. The number of benzene rings is 6. The lowest BCUT2D eigenvalue weighted by Crippen LogP contribution is -2.58. The SMILES string of the molecule is C.CC(C)(C)S(=O)(=O)C[C@H](C1CC1)N1C(=O)[C@@H](CC(=O)Nc2ccccc2)O[C@H](c2cccc(Cl)c2)[C@H]1c1ccc(Cl)cc1.CC(C)(C)S(=O)(=O)C[C@H](C1CC1)N1C(=O)[C@H](CC(=O)Nc2ccccc2)O[C@H](c2cccc(Cl)c2)[C@H]1c1ccc(Cl)cc1. The van der Waals surface area contributed by atoms with Crippen molar-refractivity contribution in [2.24, 2.45) is 11.8 Å². The second-order valence-corrected chi connectivity index (χ2v) is 31.8. The summed E-state index contributed by atoms with van der Waals surface area (Å²) in [6.07, 6.45) is -0.990. The first kappa shape index (κ1) is 67.1. The third-order valence-corrected chi connectivity index (χ3v) is 22.4. The van der Waals surface area contributed by atoms with Gasteiger partial charge in [-0.15, -0.1) is 0 Å². The van der Waals surface area contributed by atoms with Gasteiger partial charge in [-0.2, -0.15) is 0 Å². The third kappa shape index (κ3) is 16.5. The van der Waals surface area contributed by atoms with Crippen molar-refractivity contribution in [2.75, 3.05) is 22.1 Å². The van der Waals surface area contributed by atoms with Crippen molar-refractivity contribution in [2.45, 2.75) is 146 Å². The Kier molecular flexibility index (Phi) is 21.5. The Balaban J connectivity index is 0.000000223. The Morgan fingerprint density at radius 2 is 0.816 bits per heavy atom. The third-order valence-electron chi connectivity index (χ3n) is 16.2. The van der Waals surface area contributed by atoms with Crippen LogP contribution in [0.2, 0.25) is 20.1 Å². The molecule has 464 valence electrons. The average molecular weight is 1300 g/mol. The molecule has 87 heavy (non-hydrogen) atoms. The maximum Gasteiger partial charge on any atom is 0.253 e. The van der Waals surface area contributed by atoms with Crippen molar-refractivity contribution in [1.29, 1.82) is 0 Å². The molecule has 0 radical (unpaired) electrons. The van der Waals surface area contributed by atoms with Gasteiger partial charge in [-0.1, -0.05) is 139 Å². The fourth-order valence-corrected chi connectivity index (χ4v) is 14.4. The first-order valence-electron chi connectivity index (χ1n) is 28.8. The van der Waals surface area contributed by atoms with Crippen LogP contribution in [0.3, 0.4) is 0 Å². The molecule has 2 aliphatic carbocycles. The van der Waals surface area contributed by atoms with Gasteiger partial charge in [0.15, 0.2) is 19.7 Å². The quantitative estimate of drug-likeness (QED) is 0.0839. The Hall–Kier alpha value is -5.82. The van der Waals surface area contributed by atoms with E-state index >= 15 is 0 Å². The molecule has 2 N–H and O–H groups in total. The van der Waals surface area contributed by atoms with Crippen molar-refractivity contribution in [3.05, 3.63) is 200 Å². The highest BCUT2D eigenvalue weighted by Gasteiger charge is 2.54. The number of carbonyl (C=O) groups excluding carboxylic acids is 4. The van der Waals surface area contributed by atoms with Crippen LogP contribution in [0.15, 0.2) is 158 Å². The Morgan fingerprint density at radius 1 is 0.483 bits per heavy atom. The van der Waals surface area contributed by atoms with Gasteiger partial charge in [0.1, 0.15) is 24.4 Å². The molecule has 2 aliphatic heterocycles. The van der Waals surface area contributed by atoms with Crippen LogP contribution in [0.4, 0.5) is 11.4 Å². The van der Waals surface area contributed by atoms with E-state index in [0.29, 0.717) is 42.6 Å². The van der Waals surface area contributed by atoms with Crippen molar-refractivity contribution >= 4 is 101 Å². The minimum atomic E-state index is -3.61. The molecule has 2 saturated carbocycles. The molecule has 4 amide bonds. The lowest BCUT2D eigenvalue weighted by atomic mass is 9.89. The fraction of sp³-hybridized carbons (Fsp3) is 0.403. The number of para-hydroxylation sites is 2. The van der Waals surface area contributed by atoms with E-state index in [1.54, 1.807) is 161 Å². The van der Waals surface area contributed by atoms with E-state index in [2.05, 4.69) is 10.6 Å². The van der Waals surface area contributed by atoms with Gasteiger partial charge >= 0.3 is 0 Å². The maximum atomic E-state index is 14.5. The van der Waals surface area contributed by atoms with Gasteiger partial charge in [-0.25, -0.2) is 16.8 Å². The molecule has 0 unspecified atom stereocenters. The summed E-state index contributed by atoms with van der Waals surface area (Å²) in [6, 6.07) is 44.1. The van der Waals surface area contributed by atoms with Crippen LogP contribution in [0.5, 0.6) is 0 Å². The van der Waals surface area contributed by atoms with Crippen molar-refractivity contribution < 1.29 is 45.5 Å². The number of ether oxygens (including phenoxy) is 2. The summed E-state index contributed by atoms with van der Waals surface area (Å²) in [4.78, 5) is 58.8. The summed E-state index contributed by atoms with van der Waals surface area (Å²) in [6.45, 7) is 10.1. The molecular formula is C67H76Cl4N4O10S2. The topological polar surface area (TPSA) is 186 Å². The number of rotatable bonds is 18. The van der Waals surface area contributed by atoms with E-state index in [0.717, 1.165) is 36.8 Å². The molecule has 4 fully saturated rings. The molecule has 14 nitrogen and oxygen atoms in total. The molecule has 0 spiro atoms. The molecule has 0 aromatic heterocycles. The number of amides is 4. The molecule has 2 saturated heterocycles. The molecule has 2 heterocycles. The van der Waals surface area contributed by atoms with Gasteiger partial charge in [-0.3, -0.25) is 19.2 Å². The number of hydrogen-bond acceptors (Lipinski definition) is 10. The molecule has 6 aromatic carbocycles. The molecule has 6 aromatic rings. The highest BCUT2D eigenvalue weighted by Crippen LogP contribution is 2.51. The van der Waals surface area contributed by atoms with E-state index in [9.17, 15) is 36.0 Å². The number of halogens is 4.